The van der Waals surface area contributed by atoms with E-state index in [0.717, 1.165) is 12.4 Å². The van der Waals surface area contributed by atoms with Gasteiger partial charge in [-0.3, -0.25) is 4.79 Å². The lowest BCUT2D eigenvalue weighted by Crippen LogP contribution is -2.20. The van der Waals surface area contributed by atoms with Crippen molar-refractivity contribution >= 4 is 63.1 Å². The van der Waals surface area contributed by atoms with E-state index in [1.807, 2.05) is 0 Å². The molecule has 0 aliphatic carbocycles. The van der Waals surface area contributed by atoms with Crippen LogP contribution in [0, 0.1) is 0 Å². The summed E-state index contributed by atoms with van der Waals surface area (Å²) < 4.78 is 38.5. The number of halogens is 3. The molecule has 1 aliphatic heterocycles. The van der Waals surface area contributed by atoms with Crippen LogP contribution in [0.15, 0.2) is 33.6 Å². The molecule has 1 heterocycles. The van der Waals surface area contributed by atoms with Crippen LogP contribution in [0.4, 0.5) is 4.79 Å². The molecule has 1 unspecified atom stereocenters. The number of fused-ring (bicyclic) bond motifs is 1. The van der Waals surface area contributed by atoms with Crippen LogP contribution in [0.1, 0.15) is 21.5 Å². The van der Waals surface area contributed by atoms with Gasteiger partial charge in [-0.05, 0) is 24.3 Å². The molecule has 0 saturated heterocycles. The van der Waals surface area contributed by atoms with Crippen molar-refractivity contribution < 1.29 is 32.6 Å². The van der Waals surface area contributed by atoms with Crippen molar-refractivity contribution in [2.45, 2.75) is 17.6 Å². The minimum Gasteiger partial charge on any atom is -0.452 e. The van der Waals surface area contributed by atoms with Crippen molar-refractivity contribution in [2.75, 3.05) is 14.1 Å². The van der Waals surface area contributed by atoms with Crippen LogP contribution in [0.2, 0.25) is 15.1 Å². The molecule has 2 aromatic rings. The number of sulfonamides is 1. The van der Waals surface area contributed by atoms with Crippen LogP contribution >= 0.6 is 34.8 Å². The Morgan fingerprint density at radius 3 is 2.53 bits per heavy atom. The number of nitrogens with zero attached hydrogens (tertiary/aromatic N) is 2. The summed E-state index contributed by atoms with van der Waals surface area (Å²) in [7, 11) is -0.992. The Morgan fingerprint density at radius 1 is 1.22 bits per heavy atom. The fourth-order valence-electron chi connectivity index (χ4n) is 2.85. The van der Waals surface area contributed by atoms with Gasteiger partial charge in [0.15, 0.2) is 5.78 Å². The molecule has 2 aromatic carbocycles. The SMILES string of the molecule is CN(C)C=NS(=O)(=O)c1cc(C(=O)c2cc3c(c(Cl)c2Cl)OC(OC(=O)O)C3)ccc1Cl. The lowest BCUT2D eigenvalue weighted by Gasteiger charge is -2.11. The van der Waals surface area contributed by atoms with Gasteiger partial charge in [-0.2, -0.15) is 8.42 Å². The minimum atomic E-state index is -4.18. The molecule has 1 N–H and O–H groups in total. The maximum absolute atomic E-state index is 13.1. The molecule has 1 atom stereocenters. The quantitative estimate of drug-likeness (QED) is 0.261. The maximum atomic E-state index is 13.1. The van der Waals surface area contributed by atoms with Crippen LogP contribution in [0.5, 0.6) is 5.75 Å². The number of rotatable bonds is 6. The molecule has 13 heteroatoms. The van der Waals surface area contributed by atoms with Gasteiger partial charge in [-0.25, -0.2) is 4.79 Å². The Balaban J connectivity index is 2.01. The predicted octanol–water partition coefficient (Wildman–Crippen LogP) is 4.11. The lowest BCUT2D eigenvalue weighted by atomic mass is 10.00. The van der Waals surface area contributed by atoms with E-state index in [9.17, 15) is 18.0 Å². The average Bonchev–Trinajstić information content (AvgIpc) is 3.11. The van der Waals surface area contributed by atoms with E-state index < -0.39 is 28.3 Å². The Bertz CT molecular complexity index is 1250. The summed E-state index contributed by atoms with van der Waals surface area (Å²) >= 11 is 18.5. The Labute approximate surface area is 198 Å². The topological polar surface area (TPSA) is 123 Å². The lowest BCUT2D eigenvalue weighted by molar-refractivity contribution is -0.0393. The van der Waals surface area contributed by atoms with Crippen LogP contribution in [-0.2, 0) is 21.2 Å². The Kier molecular flexibility index (Phi) is 6.89. The van der Waals surface area contributed by atoms with Gasteiger partial charge in [0.1, 0.15) is 22.0 Å². The second-order valence-corrected chi connectivity index (χ2v) is 9.57. The maximum Gasteiger partial charge on any atom is 0.508 e. The number of ether oxygens (including phenoxy) is 2. The van der Waals surface area contributed by atoms with Crippen molar-refractivity contribution in [3.8, 4) is 5.75 Å². The van der Waals surface area contributed by atoms with E-state index in [-0.39, 0.29) is 43.3 Å². The summed E-state index contributed by atoms with van der Waals surface area (Å²) in [5, 5.41) is 8.41. The van der Waals surface area contributed by atoms with Crippen LogP contribution in [-0.4, -0.2) is 57.1 Å². The van der Waals surface area contributed by atoms with Crippen LogP contribution in [0.3, 0.4) is 0 Å². The van der Waals surface area contributed by atoms with Gasteiger partial charge in [-0.1, -0.05) is 34.8 Å². The van der Waals surface area contributed by atoms with E-state index in [1.165, 1.54) is 23.1 Å². The largest absolute Gasteiger partial charge is 0.508 e. The zero-order chi connectivity index (χ0) is 23.8. The molecule has 32 heavy (non-hydrogen) atoms. The number of hydrogen-bond donors (Lipinski definition) is 1. The van der Waals surface area contributed by atoms with E-state index >= 15 is 0 Å². The zero-order valence-corrected chi connectivity index (χ0v) is 19.6. The number of carboxylic acid groups (broad SMARTS) is 1. The van der Waals surface area contributed by atoms with Gasteiger partial charge in [0.05, 0.1) is 16.5 Å². The van der Waals surface area contributed by atoms with E-state index in [1.54, 1.807) is 14.1 Å². The molecule has 1 aliphatic rings. The number of hydrogen-bond acceptors (Lipinski definition) is 6. The molecule has 0 spiro atoms. The third kappa shape index (κ3) is 4.93. The standard InChI is InChI=1S/C19H15Cl3N2O7S/c1-24(2)8-23-32(28,29)13-6-9(3-4-12(13)20)17(25)11-5-10-7-14(31-19(26)27)30-18(10)16(22)15(11)21/h3-6,8,14H,7H2,1-2H3,(H,26,27). The normalized spacial score (nSPS) is 15.3. The number of carbonyl (C=O) groups is 2. The first kappa shape index (κ1) is 24.1. The first-order valence-corrected chi connectivity index (χ1v) is 11.4. The number of benzene rings is 2. The highest BCUT2D eigenvalue weighted by Crippen LogP contribution is 2.43. The van der Waals surface area contributed by atoms with Gasteiger partial charge in [0, 0.05) is 30.8 Å². The molecule has 9 nitrogen and oxygen atoms in total. The third-order valence-electron chi connectivity index (χ3n) is 4.24. The van der Waals surface area contributed by atoms with Crippen LogP contribution in [0.25, 0.3) is 0 Å². The van der Waals surface area contributed by atoms with Gasteiger partial charge in [-0.15, -0.1) is 4.40 Å². The van der Waals surface area contributed by atoms with E-state index in [2.05, 4.69) is 9.13 Å². The van der Waals surface area contributed by atoms with Crippen molar-refractivity contribution in [3.63, 3.8) is 0 Å². The first-order valence-electron chi connectivity index (χ1n) is 8.79. The van der Waals surface area contributed by atoms with Crippen molar-refractivity contribution in [1.82, 2.24) is 4.90 Å². The minimum absolute atomic E-state index is 0.0122. The fourth-order valence-corrected chi connectivity index (χ4v) is 4.77. The highest BCUT2D eigenvalue weighted by atomic mass is 35.5. The van der Waals surface area contributed by atoms with Gasteiger partial charge in [0.2, 0.25) is 0 Å². The molecular formula is C19H15Cl3N2O7S. The monoisotopic (exact) mass is 520 g/mol. The third-order valence-corrected chi connectivity index (χ3v) is 6.80. The Hall–Kier alpha value is -2.53. The van der Waals surface area contributed by atoms with Crippen molar-refractivity contribution in [3.05, 3.63) is 56.0 Å². The zero-order valence-electron chi connectivity index (χ0n) is 16.5. The molecule has 0 amide bonds. The number of carbonyl (C=O) groups excluding carboxylic acids is 1. The summed E-state index contributed by atoms with van der Waals surface area (Å²) in [6.45, 7) is 0. The summed E-state index contributed by atoms with van der Waals surface area (Å²) in [5.41, 5.74) is 0.354. The van der Waals surface area contributed by atoms with Crippen LogP contribution < -0.4 is 4.74 Å². The summed E-state index contributed by atoms with van der Waals surface area (Å²) in [6.07, 6.45) is -1.57. The summed E-state index contributed by atoms with van der Waals surface area (Å²) in [6, 6.07) is 5.08. The van der Waals surface area contributed by atoms with Gasteiger partial charge >= 0.3 is 6.16 Å². The van der Waals surface area contributed by atoms with Gasteiger partial charge < -0.3 is 19.5 Å². The molecular weight excluding hydrogens is 507 g/mol. The predicted molar refractivity (Wildman–Crippen MR) is 118 cm³/mol. The molecule has 3 rings (SSSR count). The number of ketones is 1. The molecule has 170 valence electrons. The second-order valence-electron chi connectivity index (χ2n) is 6.81. The van der Waals surface area contributed by atoms with E-state index in [4.69, 9.17) is 44.6 Å². The smallest absolute Gasteiger partial charge is 0.452 e. The molecule has 0 radical (unpaired) electrons. The molecule has 0 aromatic heterocycles. The summed E-state index contributed by atoms with van der Waals surface area (Å²) in [4.78, 5) is 25.0. The second kappa shape index (κ2) is 9.14. The fraction of sp³-hybridized carbons (Fsp3) is 0.211. The Morgan fingerprint density at radius 2 is 1.91 bits per heavy atom. The van der Waals surface area contributed by atoms with Crippen molar-refractivity contribution in [2.24, 2.45) is 4.40 Å². The van der Waals surface area contributed by atoms with Gasteiger partial charge in [0.25, 0.3) is 16.3 Å². The highest BCUT2D eigenvalue weighted by Gasteiger charge is 2.32. The molecule has 0 saturated carbocycles. The van der Waals surface area contributed by atoms with E-state index in [0.29, 0.717) is 5.56 Å². The highest BCUT2D eigenvalue weighted by molar-refractivity contribution is 7.90. The summed E-state index contributed by atoms with van der Waals surface area (Å²) in [5.74, 6) is -0.524. The first-order chi connectivity index (χ1) is 14.9. The molecule has 0 fully saturated rings. The van der Waals surface area contributed by atoms with Crippen molar-refractivity contribution in [1.29, 1.82) is 0 Å². The average molecular weight is 522 g/mol. The molecule has 0 bridgehead atoms.